The van der Waals surface area contributed by atoms with E-state index in [0.29, 0.717) is 30.9 Å². The summed E-state index contributed by atoms with van der Waals surface area (Å²) in [5.74, 6) is 2.43. The van der Waals surface area contributed by atoms with Crippen molar-refractivity contribution in [1.29, 1.82) is 0 Å². The van der Waals surface area contributed by atoms with Crippen molar-refractivity contribution >= 4 is 113 Å². The van der Waals surface area contributed by atoms with Crippen molar-refractivity contribution in [2.75, 3.05) is 39.9 Å². The van der Waals surface area contributed by atoms with E-state index in [2.05, 4.69) is 48.5 Å². The quantitative estimate of drug-likeness (QED) is 0.0383. The van der Waals surface area contributed by atoms with Gasteiger partial charge in [0.25, 0.3) is 0 Å². The molecule has 0 aliphatic carbocycles. The van der Waals surface area contributed by atoms with Crippen molar-refractivity contribution in [3.8, 4) is 0 Å². The largest absolute Gasteiger partial charge is 0.360 e. The summed E-state index contributed by atoms with van der Waals surface area (Å²) in [6.45, 7) is 0. The van der Waals surface area contributed by atoms with Gasteiger partial charge in [0.15, 0.2) is 0 Å². The number of rotatable bonds is 20. The van der Waals surface area contributed by atoms with Crippen LogP contribution in [0.3, 0.4) is 0 Å². The summed E-state index contributed by atoms with van der Waals surface area (Å²) in [5.41, 5.74) is 2.17. The van der Waals surface area contributed by atoms with Crippen molar-refractivity contribution in [3.05, 3.63) is 58.5 Å². The molecule has 2 unspecified atom stereocenters. The van der Waals surface area contributed by atoms with Crippen LogP contribution in [0.25, 0.3) is 20.4 Å². The number of fused-ring (bicyclic) bond motifs is 2. The van der Waals surface area contributed by atoms with E-state index < -0.39 is 0 Å². The Morgan fingerprint density at radius 3 is 1.44 bits per heavy atom. The molecule has 0 aliphatic rings. The second-order valence-electron chi connectivity index (χ2n) is 8.63. The highest BCUT2D eigenvalue weighted by Gasteiger charge is 2.22. The van der Waals surface area contributed by atoms with E-state index in [9.17, 15) is 0 Å². The summed E-state index contributed by atoms with van der Waals surface area (Å²) in [6.07, 6.45) is 0. The molecule has 2 aromatic carbocycles. The van der Waals surface area contributed by atoms with E-state index >= 15 is 0 Å². The first-order valence-electron chi connectivity index (χ1n) is 12.7. The van der Waals surface area contributed by atoms with Crippen LogP contribution in [0.15, 0.2) is 48.5 Å². The van der Waals surface area contributed by atoms with Crippen molar-refractivity contribution in [2.24, 2.45) is 0 Å². The van der Waals surface area contributed by atoms with Gasteiger partial charge in [-0.2, -0.15) is 0 Å². The fraction of sp³-hybridized carbons (Fsp3) is 0.462. The first kappa shape index (κ1) is 34.1. The minimum Gasteiger partial charge on any atom is -0.360 e. The number of benzene rings is 2. The molecule has 4 rings (SSSR count). The molecule has 0 amide bonds. The number of nitrogens with zero attached hydrogens (tertiary/aromatic N) is 2. The Hall–Kier alpha value is 0.244. The van der Waals surface area contributed by atoms with Gasteiger partial charge in [0.2, 0.25) is 0 Å². The topological polar surface area (TPSA) is 62.7 Å². The second-order valence-corrected chi connectivity index (χ2v) is 21.2. The number of ether oxygens (including phenoxy) is 4. The van der Waals surface area contributed by atoms with Gasteiger partial charge in [-0.05, 0) is 65.8 Å². The van der Waals surface area contributed by atoms with Gasteiger partial charge >= 0.3 is 0 Å². The molecular formula is C26H32N2O4S7Si2. The SMILES string of the molecule is COC(OC)[Si]CC(CSSSSSCC(C[Si]C(OC)OC)c1nc2ccccc2s1)c1nc2ccccc2s1. The predicted molar refractivity (Wildman–Crippen MR) is 189 cm³/mol. The van der Waals surface area contributed by atoms with E-state index in [1.807, 2.05) is 73.7 Å². The molecule has 0 fully saturated rings. The molecule has 220 valence electrons. The molecule has 0 saturated heterocycles. The van der Waals surface area contributed by atoms with Gasteiger partial charge in [0.1, 0.15) is 30.9 Å². The van der Waals surface area contributed by atoms with Crippen LogP contribution in [0.1, 0.15) is 21.9 Å². The van der Waals surface area contributed by atoms with Crippen LogP contribution >= 0.6 is 73.7 Å². The number of para-hydroxylation sites is 2. The molecule has 0 spiro atoms. The molecule has 2 heterocycles. The van der Waals surface area contributed by atoms with Crippen LogP contribution in [0, 0.1) is 0 Å². The Morgan fingerprint density at radius 1 is 0.634 bits per heavy atom. The van der Waals surface area contributed by atoms with Crippen LogP contribution in [-0.4, -0.2) is 80.8 Å². The van der Waals surface area contributed by atoms with Crippen LogP contribution in [0.4, 0.5) is 0 Å². The van der Waals surface area contributed by atoms with E-state index in [1.165, 1.54) is 19.4 Å². The average molecular weight is 717 g/mol. The summed E-state index contributed by atoms with van der Waals surface area (Å²) in [5, 5.41) is 2.41. The minimum absolute atomic E-state index is 0.155. The molecule has 0 N–H and O–H groups in total. The maximum absolute atomic E-state index is 5.46. The lowest BCUT2D eigenvalue weighted by molar-refractivity contribution is -0.0443. The molecule has 2 atom stereocenters. The fourth-order valence-electron chi connectivity index (χ4n) is 3.84. The molecule has 15 heteroatoms. The molecule has 4 radical (unpaired) electrons. The number of aromatic nitrogens is 2. The molecule has 41 heavy (non-hydrogen) atoms. The number of hydrogen-bond donors (Lipinski definition) is 0. The summed E-state index contributed by atoms with van der Waals surface area (Å²) in [7, 11) is 17.3. The molecule has 4 aromatic rings. The van der Waals surface area contributed by atoms with Gasteiger partial charge in [-0.3, -0.25) is 0 Å². The zero-order chi connectivity index (χ0) is 28.9. The van der Waals surface area contributed by atoms with E-state index in [1.54, 1.807) is 28.4 Å². The second kappa shape index (κ2) is 18.9. The Labute approximate surface area is 274 Å². The maximum Gasteiger partial charge on any atom is 0.136 e. The van der Waals surface area contributed by atoms with Crippen LogP contribution in [-0.2, 0) is 18.9 Å². The van der Waals surface area contributed by atoms with Gasteiger partial charge in [0.05, 0.1) is 30.4 Å². The van der Waals surface area contributed by atoms with Crippen molar-refractivity contribution in [1.82, 2.24) is 9.97 Å². The lowest BCUT2D eigenvalue weighted by Crippen LogP contribution is -2.23. The van der Waals surface area contributed by atoms with Crippen LogP contribution < -0.4 is 0 Å². The van der Waals surface area contributed by atoms with Gasteiger partial charge < -0.3 is 18.9 Å². The molecule has 2 aromatic heterocycles. The van der Waals surface area contributed by atoms with E-state index in [0.717, 1.165) is 34.6 Å². The van der Waals surface area contributed by atoms with Crippen LogP contribution in [0.2, 0.25) is 12.1 Å². The van der Waals surface area contributed by atoms with E-state index in [4.69, 9.17) is 28.9 Å². The summed E-state index contributed by atoms with van der Waals surface area (Å²) >= 11 is 3.61. The minimum atomic E-state index is -0.155. The first-order chi connectivity index (χ1) is 20.1. The lowest BCUT2D eigenvalue weighted by Gasteiger charge is -2.17. The lowest BCUT2D eigenvalue weighted by atomic mass is 10.2. The number of thiazole rings is 2. The normalized spacial score (nSPS) is 13.6. The van der Waals surface area contributed by atoms with Crippen molar-refractivity contribution in [2.45, 2.75) is 35.8 Å². The molecular weight excluding hydrogens is 685 g/mol. The number of hydrogen-bond acceptors (Lipinski definition) is 13. The summed E-state index contributed by atoms with van der Waals surface area (Å²) < 4.78 is 24.3. The highest BCUT2D eigenvalue weighted by Crippen LogP contribution is 2.51. The van der Waals surface area contributed by atoms with Crippen molar-refractivity contribution < 1.29 is 18.9 Å². The maximum atomic E-state index is 5.46. The smallest absolute Gasteiger partial charge is 0.136 e. The van der Waals surface area contributed by atoms with Gasteiger partial charge in [-0.15, -0.1) is 22.7 Å². The average Bonchev–Trinajstić information content (AvgIpc) is 3.64. The monoisotopic (exact) mass is 716 g/mol. The Kier molecular flexibility index (Phi) is 15.7. The molecule has 0 aliphatic heterocycles. The summed E-state index contributed by atoms with van der Waals surface area (Å²) in [4.78, 5) is 9.91. The third-order valence-electron chi connectivity index (χ3n) is 5.93. The zero-order valence-corrected chi connectivity index (χ0v) is 30.9. The van der Waals surface area contributed by atoms with Crippen molar-refractivity contribution in [3.63, 3.8) is 0 Å². The zero-order valence-electron chi connectivity index (χ0n) is 23.1. The Morgan fingerprint density at radius 2 is 1.05 bits per heavy atom. The first-order valence-corrected chi connectivity index (χ1v) is 23.4. The highest BCUT2D eigenvalue weighted by atomic mass is 33.8. The third-order valence-corrected chi connectivity index (χ3v) is 20.2. The fourth-order valence-corrected chi connectivity index (χ4v) is 18.4. The molecule has 0 saturated carbocycles. The van der Waals surface area contributed by atoms with Gasteiger partial charge in [-0.25, -0.2) is 9.97 Å². The van der Waals surface area contributed by atoms with E-state index in [-0.39, 0.29) is 11.8 Å². The predicted octanol–water partition coefficient (Wildman–Crippen LogP) is 8.50. The Balaban J connectivity index is 1.26. The highest BCUT2D eigenvalue weighted by molar-refractivity contribution is 9.35. The number of methoxy groups -OCH3 is 4. The summed E-state index contributed by atoms with van der Waals surface area (Å²) in [6, 6.07) is 18.8. The van der Waals surface area contributed by atoms with Gasteiger partial charge in [0, 0.05) is 51.8 Å². The van der Waals surface area contributed by atoms with Gasteiger partial charge in [-0.1, -0.05) is 45.9 Å². The Bertz CT molecular complexity index is 1150. The molecule has 0 bridgehead atoms. The van der Waals surface area contributed by atoms with Crippen LogP contribution in [0.5, 0.6) is 0 Å². The molecule has 6 nitrogen and oxygen atoms in total. The third kappa shape index (κ3) is 10.7. The standard InChI is InChI=1S/C26H32N2O4S7Si2/c1-29-25(30-2)40-15-17(23-27-19-9-5-7-11-21(19)35-23)13-33-37-39-38-34-14-18(16-41-26(31-3)32-4)24-28-20-10-6-8-12-22(20)36-24/h5-12,17-18,25-26H,13-16H2,1-4H3.